The van der Waals surface area contributed by atoms with Crippen molar-refractivity contribution >= 4 is 35.6 Å². The van der Waals surface area contributed by atoms with Gasteiger partial charge in [0.15, 0.2) is 17.3 Å². The van der Waals surface area contributed by atoms with Crippen LogP contribution in [0, 0.1) is 0 Å². The van der Waals surface area contributed by atoms with Crippen LogP contribution in [0.3, 0.4) is 0 Å². The van der Waals surface area contributed by atoms with Crippen molar-refractivity contribution in [3.05, 3.63) is 53.6 Å². The number of hydrogen-bond acceptors (Lipinski definition) is 7. The van der Waals surface area contributed by atoms with E-state index in [4.69, 9.17) is 13.9 Å². The van der Waals surface area contributed by atoms with Crippen LogP contribution >= 0.6 is 11.8 Å². The zero-order chi connectivity index (χ0) is 21.5. The number of nitrogens with one attached hydrogen (secondary N) is 2. The molecule has 1 atom stereocenters. The highest BCUT2D eigenvalue weighted by atomic mass is 32.2. The molecule has 1 aliphatic rings. The van der Waals surface area contributed by atoms with Crippen LogP contribution in [0.2, 0.25) is 0 Å². The van der Waals surface area contributed by atoms with Crippen molar-refractivity contribution in [1.29, 1.82) is 0 Å². The monoisotopic (exact) mass is 432 g/mol. The molecule has 10 heteroatoms. The topological polar surface area (TPSA) is 127 Å². The fraction of sp³-hybridized carbons (Fsp3) is 0.250. The van der Waals surface area contributed by atoms with Crippen LogP contribution in [-0.4, -0.2) is 47.7 Å². The molecule has 0 spiro atoms. The average Bonchev–Trinajstić information content (AvgIpc) is 3.41. The van der Waals surface area contributed by atoms with E-state index < -0.39 is 23.8 Å². The minimum absolute atomic E-state index is 0.0107. The van der Waals surface area contributed by atoms with Gasteiger partial charge in [0.25, 0.3) is 11.8 Å². The van der Waals surface area contributed by atoms with Gasteiger partial charge in [-0.15, -0.1) is 0 Å². The van der Waals surface area contributed by atoms with Crippen LogP contribution in [-0.2, 0) is 9.59 Å². The first-order chi connectivity index (χ1) is 14.5. The van der Waals surface area contributed by atoms with Crippen molar-refractivity contribution in [3.63, 3.8) is 0 Å². The van der Waals surface area contributed by atoms with Crippen LogP contribution < -0.4 is 20.1 Å². The molecule has 0 bridgehead atoms. The SMILES string of the molecule is CSCCC(NC(=O)/C(=C/c1ccc2c(c1)OCO2)NC(=O)c1ccco1)C(=O)O. The maximum Gasteiger partial charge on any atom is 0.326 e. The van der Waals surface area contributed by atoms with Crippen molar-refractivity contribution in [2.75, 3.05) is 18.8 Å². The smallest absolute Gasteiger partial charge is 0.326 e. The molecule has 3 N–H and O–H groups in total. The van der Waals surface area contributed by atoms with E-state index in [2.05, 4.69) is 10.6 Å². The summed E-state index contributed by atoms with van der Waals surface area (Å²) in [6.45, 7) is 0.0980. The normalized spacial score (nSPS) is 13.6. The third kappa shape index (κ3) is 5.35. The van der Waals surface area contributed by atoms with Gasteiger partial charge in [0, 0.05) is 0 Å². The highest BCUT2D eigenvalue weighted by Crippen LogP contribution is 2.33. The molecule has 2 heterocycles. The summed E-state index contributed by atoms with van der Waals surface area (Å²) >= 11 is 1.47. The Morgan fingerprint density at radius 1 is 1.23 bits per heavy atom. The Morgan fingerprint density at radius 2 is 2.03 bits per heavy atom. The molecule has 2 aromatic rings. The fourth-order valence-electron chi connectivity index (χ4n) is 2.65. The Morgan fingerprint density at radius 3 is 2.73 bits per heavy atom. The van der Waals surface area contributed by atoms with E-state index in [1.165, 1.54) is 30.2 Å². The number of ether oxygens (including phenoxy) is 2. The molecule has 0 fully saturated rings. The second-order valence-electron chi connectivity index (χ2n) is 6.25. The van der Waals surface area contributed by atoms with Gasteiger partial charge in [0.2, 0.25) is 6.79 Å². The number of hydrogen-bond donors (Lipinski definition) is 3. The Bertz CT molecular complexity index is 956. The number of rotatable bonds is 9. The lowest BCUT2D eigenvalue weighted by Gasteiger charge is -2.16. The quantitative estimate of drug-likeness (QED) is 0.514. The van der Waals surface area contributed by atoms with Gasteiger partial charge in [0.1, 0.15) is 11.7 Å². The minimum Gasteiger partial charge on any atom is -0.480 e. The number of carboxylic acids is 1. The molecule has 0 saturated carbocycles. The summed E-state index contributed by atoms with van der Waals surface area (Å²) in [4.78, 5) is 36.7. The molecule has 2 amide bonds. The number of fused-ring (bicyclic) bond motifs is 1. The first kappa shape index (κ1) is 21.3. The summed E-state index contributed by atoms with van der Waals surface area (Å²) in [7, 11) is 0. The van der Waals surface area contributed by atoms with Gasteiger partial charge in [0.05, 0.1) is 6.26 Å². The second-order valence-corrected chi connectivity index (χ2v) is 7.23. The molecule has 0 aliphatic carbocycles. The molecule has 0 radical (unpaired) electrons. The fourth-order valence-corrected chi connectivity index (χ4v) is 3.12. The Kier molecular flexibility index (Phi) is 7.02. The average molecular weight is 432 g/mol. The van der Waals surface area contributed by atoms with E-state index in [0.29, 0.717) is 22.8 Å². The molecule has 3 rings (SSSR count). The number of aliphatic carboxylic acids is 1. The minimum atomic E-state index is -1.16. The molecule has 0 saturated heterocycles. The van der Waals surface area contributed by atoms with E-state index in [9.17, 15) is 19.5 Å². The maximum atomic E-state index is 12.8. The third-order valence-corrected chi connectivity index (χ3v) is 4.80. The Labute approximate surface area is 176 Å². The Balaban J connectivity index is 1.85. The lowest BCUT2D eigenvalue weighted by atomic mass is 10.1. The van der Waals surface area contributed by atoms with Crippen molar-refractivity contribution in [2.24, 2.45) is 0 Å². The van der Waals surface area contributed by atoms with Crippen molar-refractivity contribution in [2.45, 2.75) is 12.5 Å². The van der Waals surface area contributed by atoms with Gasteiger partial charge in [-0.25, -0.2) is 4.79 Å². The molecular formula is C20H20N2O7S. The van der Waals surface area contributed by atoms with E-state index in [0.717, 1.165) is 0 Å². The number of thioether (sulfide) groups is 1. The number of furan rings is 1. The number of carboxylic acid groups (broad SMARTS) is 1. The number of amides is 2. The Hall–Kier alpha value is -3.40. The van der Waals surface area contributed by atoms with Gasteiger partial charge >= 0.3 is 5.97 Å². The van der Waals surface area contributed by atoms with E-state index in [1.807, 2.05) is 6.26 Å². The van der Waals surface area contributed by atoms with E-state index in [-0.39, 0.29) is 24.7 Å². The second kappa shape index (κ2) is 9.88. The molecule has 30 heavy (non-hydrogen) atoms. The highest BCUT2D eigenvalue weighted by Gasteiger charge is 2.23. The van der Waals surface area contributed by atoms with Crippen LogP contribution in [0.25, 0.3) is 6.08 Å². The zero-order valence-electron chi connectivity index (χ0n) is 16.0. The lowest BCUT2D eigenvalue weighted by Crippen LogP contribution is -2.44. The van der Waals surface area contributed by atoms with E-state index in [1.54, 1.807) is 24.3 Å². The molecule has 1 aromatic carbocycles. The molecule has 1 unspecified atom stereocenters. The zero-order valence-corrected chi connectivity index (χ0v) is 16.9. The van der Waals surface area contributed by atoms with Gasteiger partial charge in [-0.1, -0.05) is 6.07 Å². The number of benzene rings is 1. The van der Waals surface area contributed by atoms with Crippen LogP contribution in [0.15, 0.2) is 46.7 Å². The van der Waals surface area contributed by atoms with Gasteiger partial charge in [-0.3, -0.25) is 9.59 Å². The van der Waals surface area contributed by atoms with Crippen LogP contribution in [0.5, 0.6) is 11.5 Å². The summed E-state index contributed by atoms with van der Waals surface area (Å²) < 4.78 is 15.6. The van der Waals surface area contributed by atoms with Crippen molar-refractivity contribution in [3.8, 4) is 11.5 Å². The number of carbonyl (C=O) groups is 3. The van der Waals surface area contributed by atoms with Crippen molar-refractivity contribution < 1.29 is 33.4 Å². The first-order valence-electron chi connectivity index (χ1n) is 8.96. The molecule has 158 valence electrons. The molecule has 1 aliphatic heterocycles. The van der Waals surface area contributed by atoms with Gasteiger partial charge in [-0.2, -0.15) is 11.8 Å². The summed E-state index contributed by atoms with van der Waals surface area (Å²) in [5.41, 5.74) is 0.422. The summed E-state index contributed by atoms with van der Waals surface area (Å²) in [6.07, 6.45) is 4.84. The predicted octanol–water partition coefficient (Wildman–Crippen LogP) is 2.10. The molecule has 9 nitrogen and oxygen atoms in total. The first-order valence-corrected chi connectivity index (χ1v) is 10.4. The summed E-state index contributed by atoms with van der Waals surface area (Å²) in [5.74, 6) is -0.894. The molecular weight excluding hydrogens is 412 g/mol. The predicted molar refractivity (Wildman–Crippen MR) is 109 cm³/mol. The summed E-state index contributed by atoms with van der Waals surface area (Å²) in [6, 6.07) is 6.91. The standard InChI is InChI=1S/C20H20N2O7S/c1-30-8-6-13(20(25)26)21-18(23)14(22-19(24)16-3-2-7-27-16)9-12-4-5-15-17(10-12)29-11-28-15/h2-5,7,9-10,13H,6,8,11H2,1H3,(H,21,23)(H,22,24)(H,25,26)/b14-9-. The van der Waals surface area contributed by atoms with Crippen LogP contribution in [0.1, 0.15) is 22.5 Å². The van der Waals surface area contributed by atoms with Gasteiger partial charge in [-0.05, 0) is 54.3 Å². The largest absolute Gasteiger partial charge is 0.480 e. The molecule has 1 aromatic heterocycles. The lowest BCUT2D eigenvalue weighted by molar-refractivity contribution is -0.141. The van der Waals surface area contributed by atoms with Crippen molar-refractivity contribution in [1.82, 2.24) is 10.6 Å². The highest BCUT2D eigenvalue weighted by molar-refractivity contribution is 7.98. The summed E-state index contributed by atoms with van der Waals surface area (Å²) in [5, 5.41) is 14.3. The van der Waals surface area contributed by atoms with Gasteiger partial charge < -0.3 is 29.6 Å². The van der Waals surface area contributed by atoms with Crippen LogP contribution in [0.4, 0.5) is 0 Å². The third-order valence-electron chi connectivity index (χ3n) is 4.16. The van der Waals surface area contributed by atoms with E-state index >= 15 is 0 Å². The number of carbonyl (C=O) groups excluding carboxylic acids is 2. The maximum absolute atomic E-state index is 12.8.